The molecule has 1 N–H and O–H groups in total. The summed E-state index contributed by atoms with van der Waals surface area (Å²) >= 11 is 1.32. The van der Waals surface area contributed by atoms with Crippen molar-refractivity contribution in [1.82, 2.24) is 9.71 Å². The first kappa shape index (κ1) is 25.7. The molecule has 1 aromatic heterocycles. The number of hydrogen-bond donors (Lipinski definition) is 1. The van der Waals surface area contributed by atoms with Gasteiger partial charge in [0.2, 0.25) is 0 Å². The maximum absolute atomic E-state index is 13.8. The van der Waals surface area contributed by atoms with E-state index < -0.39 is 11.9 Å². The molecule has 198 valence electrons. The average Bonchev–Trinajstić information content (AvgIpc) is 3.37. The molecule has 38 heavy (non-hydrogen) atoms. The van der Waals surface area contributed by atoms with Gasteiger partial charge in [0, 0.05) is 30.3 Å². The molecule has 4 aromatic rings. The zero-order chi connectivity index (χ0) is 26.6. The summed E-state index contributed by atoms with van der Waals surface area (Å²) in [4.78, 5) is 19.7. The Morgan fingerprint density at radius 3 is 2.71 bits per heavy atom. The van der Waals surface area contributed by atoms with Crippen molar-refractivity contribution in [1.29, 1.82) is 0 Å². The fourth-order valence-electron chi connectivity index (χ4n) is 4.47. The number of ether oxygens (including phenoxy) is 3. The lowest BCUT2D eigenvalue weighted by molar-refractivity contribution is -0.120. The Balaban J connectivity index is 1.50. The molecule has 2 heterocycles. The molecule has 1 aliphatic heterocycles. The smallest absolute Gasteiger partial charge is 0.299 e. The molecule has 0 aliphatic carbocycles. The van der Waals surface area contributed by atoms with Gasteiger partial charge < -0.3 is 23.5 Å². The van der Waals surface area contributed by atoms with Crippen LogP contribution in [0.15, 0.2) is 59.0 Å². The van der Waals surface area contributed by atoms with Crippen LogP contribution in [0.1, 0.15) is 23.6 Å². The molecular weight excluding hydrogens is 509 g/mol. The number of aromatic nitrogens is 1. The van der Waals surface area contributed by atoms with Crippen LogP contribution in [0.2, 0.25) is 0 Å². The lowest BCUT2D eigenvalue weighted by Gasteiger charge is -2.35. The van der Waals surface area contributed by atoms with E-state index in [1.807, 2.05) is 48.2 Å². The molecule has 10 heteroatoms. The quantitative estimate of drug-likeness (QED) is 0.289. The van der Waals surface area contributed by atoms with Crippen molar-refractivity contribution in [2.75, 3.05) is 24.9 Å². The Labute approximate surface area is 224 Å². The third-order valence-corrected chi connectivity index (χ3v) is 7.04. The number of rotatable bonds is 9. The van der Waals surface area contributed by atoms with Gasteiger partial charge in [0.05, 0.1) is 14.2 Å². The summed E-state index contributed by atoms with van der Waals surface area (Å²) < 4.78 is 39.8. The minimum atomic E-state index is -0.630. The van der Waals surface area contributed by atoms with E-state index in [0.29, 0.717) is 42.2 Å². The van der Waals surface area contributed by atoms with Gasteiger partial charge in [-0.25, -0.2) is 4.39 Å². The second kappa shape index (κ2) is 11.2. The van der Waals surface area contributed by atoms with Crippen molar-refractivity contribution >= 4 is 35.0 Å². The molecule has 1 atom stereocenters. The number of nitrogens with zero attached hydrogens (tertiary/aromatic N) is 2. The number of oxazole rings is 1. The number of benzene rings is 3. The molecule has 1 aliphatic rings. The lowest BCUT2D eigenvalue weighted by atomic mass is 9.92. The molecule has 0 saturated carbocycles. The van der Waals surface area contributed by atoms with Crippen LogP contribution >= 0.6 is 11.9 Å². The number of carbonyl (C=O) groups excluding carboxylic acids is 1. The summed E-state index contributed by atoms with van der Waals surface area (Å²) in [6.07, 6.45) is 0.341. The van der Waals surface area contributed by atoms with Crippen LogP contribution in [0.4, 0.5) is 10.4 Å². The first-order chi connectivity index (χ1) is 18.5. The highest BCUT2D eigenvalue weighted by Crippen LogP contribution is 2.40. The molecule has 8 nitrogen and oxygen atoms in total. The summed E-state index contributed by atoms with van der Waals surface area (Å²) in [6.45, 7) is 2.63. The molecule has 0 saturated heterocycles. The summed E-state index contributed by atoms with van der Waals surface area (Å²) in [6, 6.07) is 15.3. The van der Waals surface area contributed by atoms with E-state index in [-0.39, 0.29) is 11.9 Å². The minimum absolute atomic E-state index is 0.181. The average molecular weight is 538 g/mol. The highest BCUT2D eigenvalue weighted by Gasteiger charge is 2.37. The number of anilines is 1. The standard InChI is InChI=1S/C28H28FN3O5S/c1-4-38-31-27(33)23-14-21-18(15-32(23)28-30-22-11-8-19(29)13-25(22)37-28)7-12-24(35-3)26(21)36-16-17-5-9-20(34-2)10-6-17/h5-13,23H,4,14-16H2,1-3H3,(H,31,33)/t23-/m0/s1. The van der Waals surface area contributed by atoms with E-state index >= 15 is 0 Å². The van der Waals surface area contributed by atoms with Crippen LogP contribution in [-0.2, 0) is 24.4 Å². The highest BCUT2D eigenvalue weighted by atomic mass is 32.2. The Morgan fingerprint density at radius 2 is 1.97 bits per heavy atom. The number of nitrogens with one attached hydrogen (secondary N) is 1. The second-order valence-electron chi connectivity index (χ2n) is 8.73. The van der Waals surface area contributed by atoms with Gasteiger partial charge in [-0.2, -0.15) is 4.98 Å². The highest BCUT2D eigenvalue weighted by molar-refractivity contribution is 7.97. The van der Waals surface area contributed by atoms with Crippen molar-refractivity contribution < 1.29 is 27.8 Å². The van der Waals surface area contributed by atoms with E-state index in [2.05, 4.69) is 9.71 Å². The molecule has 5 rings (SSSR count). The number of hydrogen-bond acceptors (Lipinski definition) is 8. The van der Waals surface area contributed by atoms with Gasteiger partial charge in [0.25, 0.3) is 11.9 Å². The van der Waals surface area contributed by atoms with Gasteiger partial charge in [-0.3, -0.25) is 9.52 Å². The Bertz CT molecular complexity index is 1440. The SMILES string of the molecule is CCSNC(=O)[C@@H]1Cc2c(ccc(OC)c2OCc2ccc(OC)cc2)CN1c1nc2ccc(F)cc2o1. The van der Waals surface area contributed by atoms with Crippen LogP contribution < -0.4 is 23.8 Å². The van der Waals surface area contributed by atoms with E-state index in [0.717, 1.165) is 28.2 Å². The summed E-state index contributed by atoms with van der Waals surface area (Å²) in [7, 11) is 3.22. The largest absolute Gasteiger partial charge is 0.497 e. The van der Waals surface area contributed by atoms with Gasteiger partial charge in [0.15, 0.2) is 17.1 Å². The van der Waals surface area contributed by atoms with E-state index in [1.54, 1.807) is 20.3 Å². The van der Waals surface area contributed by atoms with Crippen LogP contribution in [0.3, 0.4) is 0 Å². The van der Waals surface area contributed by atoms with E-state index in [9.17, 15) is 9.18 Å². The van der Waals surface area contributed by atoms with E-state index in [4.69, 9.17) is 18.6 Å². The molecule has 0 fully saturated rings. The molecule has 0 unspecified atom stereocenters. The zero-order valence-electron chi connectivity index (χ0n) is 21.3. The van der Waals surface area contributed by atoms with Crippen molar-refractivity contribution in [2.24, 2.45) is 0 Å². The Morgan fingerprint density at radius 1 is 1.16 bits per heavy atom. The number of methoxy groups -OCH3 is 2. The number of carbonyl (C=O) groups is 1. The number of amides is 1. The molecule has 0 radical (unpaired) electrons. The zero-order valence-corrected chi connectivity index (χ0v) is 22.1. The van der Waals surface area contributed by atoms with Crippen LogP contribution in [0, 0.1) is 5.82 Å². The molecule has 3 aromatic carbocycles. The molecule has 0 spiro atoms. The first-order valence-corrected chi connectivity index (χ1v) is 13.2. The Hall–Kier alpha value is -3.92. The van der Waals surface area contributed by atoms with Gasteiger partial charge in [-0.05, 0) is 41.5 Å². The monoisotopic (exact) mass is 537 g/mol. The van der Waals surface area contributed by atoms with Gasteiger partial charge in [-0.1, -0.05) is 37.1 Å². The second-order valence-corrected chi connectivity index (χ2v) is 9.80. The topological polar surface area (TPSA) is 86.1 Å². The number of halogens is 1. The Kier molecular flexibility index (Phi) is 7.59. The lowest BCUT2D eigenvalue weighted by Crippen LogP contribution is -2.49. The predicted molar refractivity (Wildman–Crippen MR) is 144 cm³/mol. The molecular formula is C28H28FN3O5S. The number of fused-ring (bicyclic) bond motifs is 2. The van der Waals surface area contributed by atoms with Crippen LogP contribution in [0.5, 0.6) is 17.2 Å². The van der Waals surface area contributed by atoms with Crippen LogP contribution in [0.25, 0.3) is 11.1 Å². The van der Waals surface area contributed by atoms with Crippen molar-refractivity contribution in [3.63, 3.8) is 0 Å². The summed E-state index contributed by atoms with van der Waals surface area (Å²) in [5.41, 5.74) is 3.66. The minimum Gasteiger partial charge on any atom is -0.497 e. The summed E-state index contributed by atoms with van der Waals surface area (Å²) in [5.74, 6) is 2.08. The third kappa shape index (κ3) is 5.22. The molecule has 0 bridgehead atoms. The maximum Gasteiger partial charge on any atom is 0.299 e. The third-order valence-electron chi connectivity index (χ3n) is 6.40. The van der Waals surface area contributed by atoms with Gasteiger partial charge in [-0.15, -0.1) is 0 Å². The van der Waals surface area contributed by atoms with E-state index in [1.165, 1.54) is 24.1 Å². The first-order valence-electron chi connectivity index (χ1n) is 12.2. The van der Waals surface area contributed by atoms with Crippen LogP contribution in [-0.4, -0.2) is 36.9 Å². The predicted octanol–water partition coefficient (Wildman–Crippen LogP) is 5.28. The summed E-state index contributed by atoms with van der Waals surface area (Å²) in [5, 5.41) is 0. The van der Waals surface area contributed by atoms with Crippen molar-refractivity contribution in [3.05, 3.63) is 77.1 Å². The van der Waals surface area contributed by atoms with Gasteiger partial charge >= 0.3 is 0 Å². The maximum atomic E-state index is 13.8. The van der Waals surface area contributed by atoms with Gasteiger partial charge in [0.1, 0.15) is 29.7 Å². The fourth-order valence-corrected chi connectivity index (χ4v) is 4.89. The molecule has 1 amide bonds. The van der Waals surface area contributed by atoms with Crippen molar-refractivity contribution in [3.8, 4) is 17.2 Å². The van der Waals surface area contributed by atoms with Crippen molar-refractivity contribution in [2.45, 2.75) is 32.5 Å². The fraction of sp³-hybridized carbons (Fsp3) is 0.286. The normalized spacial score (nSPS) is 14.7.